The highest BCUT2D eigenvalue weighted by atomic mass is 19.3. The van der Waals surface area contributed by atoms with Crippen molar-refractivity contribution in [3.05, 3.63) is 0 Å². The van der Waals surface area contributed by atoms with E-state index in [0.717, 1.165) is 19.6 Å². The lowest BCUT2D eigenvalue weighted by molar-refractivity contribution is -0.187. The Kier molecular flexibility index (Phi) is 9.47. The van der Waals surface area contributed by atoms with Crippen molar-refractivity contribution in [1.82, 2.24) is 4.90 Å². The molecule has 0 aromatic carbocycles. The topological polar surface area (TPSA) is 12.5 Å². The van der Waals surface area contributed by atoms with Gasteiger partial charge in [-0.25, -0.2) is 8.78 Å². The van der Waals surface area contributed by atoms with Crippen LogP contribution in [0.5, 0.6) is 0 Å². The normalized spacial score (nSPS) is 23.6. The van der Waals surface area contributed by atoms with Crippen LogP contribution in [0.2, 0.25) is 0 Å². The first kappa shape index (κ1) is 19.7. The number of piperidine rings is 1. The number of alkyl halides is 3. The third-order valence-electron chi connectivity index (χ3n) is 3.73. The van der Waals surface area contributed by atoms with Gasteiger partial charge in [0, 0.05) is 31.9 Å². The molecule has 2 fully saturated rings. The summed E-state index contributed by atoms with van der Waals surface area (Å²) in [6.45, 7) is 7.39. The van der Waals surface area contributed by atoms with E-state index in [-0.39, 0.29) is 18.3 Å². The van der Waals surface area contributed by atoms with Gasteiger partial charge in [0.25, 0.3) is 0 Å². The number of hydrogen-bond donors (Lipinski definition) is 0. The van der Waals surface area contributed by atoms with Crippen molar-refractivity contribution in [3.8, 4) is 0 Å². The van der Waals surface area contributed by atoms with Crippen LogP contribution >= 0.6 is 0 Å². The summed E-state index contributed by atoms with van der Waals surface area (Å²) in [7, 11) is 2.11. The zero-order chi connectivity index (χ0) is 15.6. The molecule has 0 amide bonds. The summed E-state index contributed by atoms with van der Waals surface area (Å²) in [6.07, 6.45) is 3.71. The molecular formula is C15H30F3NO. The molecule has 0 unspecified atom stereocenters. The molecule has 1 aliphatic heterocycles. The fourth-order valence-electron chi connectivity index (χ4n) is 3.20. The van der Waals surface area contributed by atoms with Gasteiger partial charge in [-0.1, -0.05) is 20.3 Å². The summed E-state index contributed by atoms with van der Waals surface area (Å²) >= 11 is 0. The fraction of sp³-hybridized carbons (Fsp3) is 1.00. The van der Waals surface area contributed by atoms with Gasteiger partial charge in [0.05, 0.1) is 13.8 Å². The number of likely N-dealkylation sites (tertiary alicyclic amines) is 1. The Morgan fingerprint density at radius 3 is 1.90 bits per heavy atom. The van der Waals surface area contributed by atoms with E-state index in [4.69, 9.17) is 4.74 Å². The van der Waals surface area contributed by atoms with Gasteiger partial charge in [-0.2, -0.15) is 0 Å². The SMILES string of the molecule is CC.CF.COCC1(CN2CCCCC2)CC(F)(F)C1. The van der Waals surface area contributed by atoms with E-state index in [1.165, 1.54) is 19.3 Å². The number of nitrogens with zero attached hydrogens (tertiary/aromatic N) is 1. The van der Waals surface area contributed by atoms with Crippen molar-refractivity contribution in [2.75, 3.05) is 40.5 Å². The van der Waals surface area contributed by atoms with Gasteiger partial charge >= 0.3 is 0 Å². The molecular weight excluding hydrogens is 267 g/mol. The van der Waals surface area contributed by atoms with Crippen molar-refractivity contribution in [2.24, 2.45) is 5.41 Å². The van der Waals surface area contributed by atoms with Gasteiger partial charge in [-0.15, -0.1) is 0 Å². The zero-order valence-electron chi connectivity index (χ0n) is 13.4. The van der Waals surface area contributed by atoms with Crippen LogP contribution in [-0.2, 0) is 4.74 Å². The smallest absolute Gasteiger partial charge is 0.249 e. The molecule has 2 rings (SSSR count). The molecule has 0 spiro atoms. The Bertz CT molecular complexity index is 235. The van der Waals surface area contributed by atoms with Crippen LogP contribution in [0.15, 0.2) is 0 Å². The predicted octanol–water partition coefficient (Wildman–Crippen LogP) is 4.15. The molecule has 2 aliphatic rings. The molecule has 0 atom stereocenters. The maximum Gasteiger partial charge on any atom is 0.249 e. The average Bonchev–Trinajstić information content (AvgIpc) is 2.42. The summed E-state index contributed by atoms with van der Waals surface area (Å²) in [5.41, 5.74) is -0.282. The zero-order valence-corrected chi connectivity index (χ0v) is 13.4. The van der Waals surface area contributed by atoms with Gasteiger partial charge < -0.3 is 9.64 Å². The van der Waals surface area contributed by atoms with Crippen molar-refractivity contribution >= 4 is 0 Å². The maximum absolute atomic E-state index is 13.0. The van der Waals surface area contributed by atoms with Crippen molar-refractivity contribution in [3.63, 3.8) is 0 Å². The van der Waals surface area contributed by atoms with Gasteiger partial charge in [-0.05, 0) is 25.9 Å². The summed E-state index contributed by atoms with van der Waals surface area (Å²) < 4.78 is 40.7. The highest BCUT2D eigenvalue weighted by Gasteiger charge is 2.56. The predicted molar refractivity (Wildman–Crippen MR) is 77.2 cm³/mol. The third kappa shape index (κ3) is 6.00. The summed E-state index contributed by atoms with van der Waals surface area (Å²) in [5, 5.41) is 0. The van der Waals surface area contributed by atoms with Crippen LogP contribution in [0.4, 0.5) is 13.2 Å². The monoisotopic (exact) mass is 297 g/mol. The quantitative estimate of drug-likeness (QED) is 0.773. The Balaban J connectivity index is 0.000000829. The van der Waals surface area contributed by atoms with E-state index in [2.05, 4.69) is 4.90 Å². The standard InChI is InChI=1S/C12H21F2NO.C2H6.CH3F/c1-16-10-11(7-12(13,14)8-11)9-15-5-3-2-4-6-15;2*1-2/h2-10H2,1H3;1-2H3;1H3. The highest BCUT2D eigenvalue weighted by molar-refractivity contribution is 5.00. The molecule has 1 saturated carbocycles. The van der Waals surface area contributed by atoms with E-state index in [9.17, 15) is 13.2 Å². The van der Waals surface area contributed by atoms with Gasteiger partial charge in [0.1, 0.15) is 0 Å². The molecule has 20 heavy (non-hydrogen) atoms. The molecule has 0 aromatic rings. The van der Waals surface area contributed by atoms with Crippen LogP contribution in [0.1, 0.15) is 46.0 Å². The Morgan fingerprint density at radius 1 is 1.00 bits per heavy atom. The van der Waals surface area contributed by atoms with E-state index < -0.39 is 5.92 Å². The Morgan fingerprint density at radius 2 is 1.50 bits per heavy atom. The minimum absolute atomic E-state index is 0.00431. The van der Waals surface area contributed by atoms with Crippen LogP contribution in [0.3, 0.4) is 0 Å². The number of hydrogen-bond acceptors (Lipinski definition) is 2. The molecule has 5 heteroatoms. The van der Waals surface area contributed by atoms with Gasteiger partial charge in [0.2, 0.25) is 5.92 Å². The van der Waals surface area contributed by atoms with Crippen LogP contribution in [-0.4, -0.2) is 51.4 Å². The van der Waals surface area contributed by atoms with Gasteiger partial charge in [0.15, 0.2) is 0 Å². The van der Waals surface area contributed by atoms with E-state index >= 15 is 0 Å². The molecule has 1 heterocycles. The number of rotatable bonds is 4. The summed E-state index contributed by atoms with van der Waals surface area (Å²) in [4.78, 5) is 2.33. The Hall–Kier alpha value is -0.290. The molecule has 0 aromatic heterocycles. The number of halogens is 3. The second-order valence-electron chi connectivity index (χ2n) is 5.48. The second kappa shape index (κ2) is 9.61. The largest absolute Gasteiger partial charge is 0.384 e. The minimum atomic E-state index is -2.45. The van der Waals surface area contributed by atoms with Crippen molar-refractivity contribution in [2.45, 2.75) is 51.9 Å². The molecule has 0 N–H and O–H groups in total. The molecule has 1 aliphatic carbocycles. The van der Waals surface area contributed by atoms with Crippen LogP contribution < -0.4 is 0 Å². The number of ether oxygens (including phenoxy) is 1. The first-order valence-electron chi connectivity index (χ1n) is 7.52. The van der Waals surface area contributed by atoms with Crippen LogP contribution in [0, 0.1) is 5.41 Å². The second-order valence-corrected chi connectivity index (χ2v) is 5.48. The lowest BCUT2D eigenvalue weighted by atomic mass is 9.66. The molecule has 2 nitrogen and oxygen atoms in total. The molecule has 122 valence electrons. The maximum atomic E-state index is 13.0. The van der Waals surface area contributed by atoms with Gasteiger partial charge in [-0.3, -0.25) is 4.39 Å². The average molecular weight is 297 g/mol. The minimum Gasteiger partial charge on any atom is -0.384 e. The number of methoxy groups -OCH3 is 1. The lowest BCUT2D eigenvalue weighted by Crippen LogP contribution is -2.55. The lowest BCUT2D eigenvalue weighted by Gasteiger charge is -2.49. The summed E-state index contributed by atoms with van der Waals surface area (Å²) in [6, 6.07) is 0. The van der Waals surface area contributed by atoms with Crippen molar-refractivity contribution in [1.29, 1.82) is 0 Å². The molecule has 1 saturated heterocycles. The van der Waals surface area contributed by atoms with Crippen LogP contribution in [0.25, 0.3) is 0 Å². The Labute approximate surface area is 121 Å². The molecule has 0 bridgehead atoms. The first-order valence-corrected chi connectivity index (χ1v) is 7.52. The van der Waals surface area contributed by atoms with Crippen molar-refractivity contribution < 1.29 is 17.9 Å². The summed E-state index contributed by atoms with van der Waals surface area (Å²) in [5.74, 6) is -2.45. The van der Waals surface area contributed by atoms with E-state index in [1.54, 1.807) is 7.11 Å². The molecule has 0 radical (unpaired) electrons. The van der Waals surface area contributed by atoms with E-state index in [1.807, 2.05) is 13.8 Å². The van der Waals surface area contributed by atoms with E-state index in [0.29, 0.717) is 13.8 Å². The highest BCUT2D eigenvalue weighted by Crippen LogP contribution is 2.52. The third-order valence-corrected chi connectivity index (χ3v) is 3.73. The fourth-order valence-corrected chi connectivity index (χ4v) is 3.20. The first-order chi connectivity index (χ1) is 9.55.